The summed E-state index contributed by atoms with van der Waals surface area (Å²) < 4.78 is 37.1. The summed E-state index contributed by atoms with van der Waals surface area (Å²) >= 11 is 7.75. The lowest BCUT2D eigenvalue weighted by molar-refractivity contribution is -0.137. The second-order valence-corrected chi connectivity index (χ2v) is 5.23. The van der Waals surface area contributed by atoms with Crippen molar-refractivity contribution in [2.24, 2.45) is 0 Å². The van der Waals surface area contributed by atoms with Gasteiger partial charge in [0.1, 0.15) is 0 Å². The van der Waals surface area contributed by atoms with Gasteiger partial charge >= 0.3 is 6.18 Å². The highest BCUT2D eigenvalue weighted by molar-refractivity contribution is 7.08. The monoisotopic (exact) mass is 290 g/mol. The van der Waals surface area contributed by atoms with Gasteiger partial charge in [0.25, 0.3) is 0 Å². The Morgan fingerprint density at radius 2 is 1.78 bits per heavy atom. The Hall–Kier alpha value is -1.00. The van der Waals surface area contributed by atoms with E-state index in [9.17, 15) is 13.2 Å². The average molecular weight is 291 g/mol. The minimum absolute atomic E-state index is 0.201. The van der Waals surface area contributed by atoms with E-state index in [1.165, 1.54) is 12.1 Å². The van der Waals surface area contributed by atoms with E-state index >= 15 is 0 Å². The van der Waals surface area contributed by atoms with Crippen LogP contribution in [-0.4, -0.2) is 0 Å². The van der Waals surface area contributed by atoms with E-state index < -0.39 is 11.7 Å². The van der Waals surface area contributed by atoms with Crippen LogP contribution >= 0.6 is 22.9 Å². The molecule has 5 heteroatoms. The van der Waals surface area contributed by atoms with Gasteiger partial charge in [-0.15, -0.1) is 11.6 Å². The molecule has 1 aromatic carbocycles. The molecule has 0 aliphatic heterocycles. The standard InChI is InChI=1S/C13H10ClF3S/c14-12(10-5-6-18-8-10)7-9-1-3-11(4-2-9)13(15,16)17/h1-6,8,12H,7H2. The number of hydrogen-bond donors (Lipinski definition) is 0. The molecule has 0 saturated heterocycles. The summed E-state index contributed by atoms with van der Waals surface area (Å²) in [5.74, 6) is 0. The van der Waals surface area contributed by atoms with Crippen LogP contribution in [0.15, 0.2) is 41.1 Å². The van der Waals surface area contributed by atoms with Gasteiger partial charge in [0, 0.05) is 0 Å². The van der Waals surface area contributed by atoms with Crippen LogP contribution in [0.25, 0.3) is 0 Å². The van der Waals surface area contributed by atoms with Gasteiger partial charge in [-0.25, -0.2) is 0 Å². The van der Waals surface area contributed by atoms with Crippen molar-refractivity contribution in [2.45, 2.75) is 18.0 Å². The third-order valence-corrected chi connectivity index (χ3v) is 3.71. The molecule has 0 amide bonds. The third kappa shape index (κ3) is 3.27. The van der Waals surface area contributed by atoms with Crippen molar-refractivity contribution in [2.75, 3.05) is 0 Å². The normalized spacial score (nSPS) is 13.6. The van der Waals surface area contributed by atoms with Crippen LogP contribution in [0.4, 0.5) is 13.2 Å². The van der Waals surface area contributed by atoms with Crippen molar-refractivity contribution in [1.82, 2.24) is 0 Å². The van der Waals surface area contributed by atoms with Gasteiger partial charge in [-0.2, -0.15) is 24.5 Å². The van der Waals surface area contributed by atoms with Gasteiger partial charge in [-0.1, -0.05) is 12.1 Å². The number of rotatable bonds is 3. The van der Waals surface area contributed by atoms with Gasteiger partial charge in [0.2, 0.25) is 0 Å². The van der Waals surface area contributed by atoms with Gasteiger partial charge < -0.3 is 0 Å². The SMILES string of the molecule is FC(F)(F)c1ccc(CC(Cl)c2ccsc2)cc1. The molecule has 1 atom stereocenters. The van der Waals surface area contributed by atoms with Crippen molar-refractivity contribution in [3.05, 3.63) is 57.8 Å². The first kappa shape index (κ1) is 13.4. The van der Waals surface area contributed by atoms with E-state index in [4.69, 9.17) is 11.6 Å². The molecule has 2 rings (SSSR count). The topological polar surface area (TPSA) is 0 Å². The van der Waals surface area contributed by atoms with Gasteiger partial charge in [0.05, 0.1) is 10.9 Å². The zero-order chi connectivity index (χ0) is 13.2. The minimum Gasteiger partial charge on any atom is -0.166 e. The summed E-state index contributed by atoms with van der Waals surface area (Å²) in [6.45, 7) is 0. The molecule has 2 aromatic rings. The number of hydrogen-bond acceptors (Lipinski definition) is 1. The van der Waals surface area contributed by atoms with Gasteiger partial charge in [0.15, 0.2) is 0 Å². The van der Waals surface area contributed by atoms with Crippen molar-refractivity contribution >= 4 is 22.9 Å². The fraction of sp³-hybridized carbons (Fsp3) is 0.231. The first-order chi connectivity index (χ1) is 8.47. The summed E-state index contributed by atoms with van der Waals surface area (Å²) in [5.41, 5.74) is 1.17. The lowest BCUT2D eigenvalue weighted by Crippen LogP contribution is -2.04. The molecule has 96 valence electrons. The molecule has 0 aliphatic rings. The summed E-state index contributed by atoms with van der Waals surface area (Å²) in [7, 11) is 0. The maximum Gasteiger partial charge on any atom is 0.416 e. The maximum atomic E-state index is 12.4. The Morgan fingerprint density at radius 3 is 2.28 bits per heavy atom. The predicted molar refractivity (Wildman–Crippen MR) is 68.1 cm³/mol. The molecule has 0 saturated carbocycles. The molecular formula is C13H10ClF3S. The zero-order valence-electron chi connectivity index (χ0n) is 9.25. The number of thiophene rings is 1. The number of alkyl halides is 4. The summed E-state index contributed by atoms with van der Waals surface area (Å²) in [4.78, 5) is 0. The quantitative estimate of drug-likeness (QED) is 0.674. The Morgan fingerprint density at radius 1 is 1.11 bits per heavy atom. The Labute approximate surface area is 112 Å². The molecule has 0 bridgehead atoms. The van der Waals surface area contributed by atoms with E-state index in [-0.39, 0.29) is 5.38 Å². The highest BCUT2D eigenvalue weighted by atomic mass is 35.5. The van der Waals surface area contributed by atoms with E-state index in [2.05, 4.69) is 0 Å². The van der Waals surface area contributed by atoms with E-state index in [0.29, 0.717) is 6.42 Å². The van der Waals surface area contributed by atoms with Crippen molar-refractivity contribution < 1.29 is 13.2 Å². The predicted octanol–water partition coefficient (Wildman–Crippen LogP) is 5.29. The molecule has 0 aliphatic carbocycles. The summed E-state index contributed by atoms with van der Waals surface area (Å²) in [5, 5.41) is 3.67. The van der Waals surface area contributed by atoms with E-state index in [1.807, 2.05) is 16.8 Å². The van der Waals surface area contributed by atoms with Gasteiger partial charge in [-0.3, -0.25) is 0 Å². The molecule has 1 unspecified atom stereocenters. The lowest BCUT2D eigenvalue weighted by Gasteiger charge is -2.10. The number of halogens is 4. The minimum atomic E-state index is -4.29. The first-order valence-corrected chi connectivity index (χ1v) is 6.67. The van der Waals surface area contributed by atoms with Crippen LogP contribution in [0.2, 0.25) is 0 Å². The van der Waals surface area contributed by atoms with Crippen LogP contribution in [0.1, 0.15) is 22.1 Å². The largest absolute Gasteiger partial charge is 0.416 e. The summed E-state index contributed by atoms with van der Waals surface area (Å²) in [6, 6.07) is 7.06. The molecule has 0 spiro atoms. The Balaban J connectivity index is 2.07. The van der Waals surface area contributed by atoms with Crippen molar-refractivity contribution in [1.29, 1.82) is 0 Å². The van der Waals surface area contributed by atoms with E-state index in [1.54, 1.807) is 11.3 Å². The number of benzene rings is 1. The third-order valence-electron chi connectivity index (χ3n) is 2.60. The maximum absolute atomic E-state index is 12.4. The molecular weight excluding hydrogens is 281 g/mol. The molecule has 0 fully saturated rings. The Bertz CT molecular complexity index is 488. The van der Waals surface area contributed by atoms with Crippen LogP contribution in [0.5, 0.6) is 0 Å². The first-order valence-electron chi connectivity index (χ1n) is 5.29. The second kappa shape index (κ2) is 5.33. The van der Waals surface area contributed by atoms with Crippen LogP contribution < -0.4 is 0 Å². The van der Waals surface area contributed by atoms with Crippen LogP contribution in [-0.2, 0) is 12.6 Å². The Kier molecular flexibility index (Phi) is 3.97. The lowest BCUT2D eigenvalue weighted by atomic mass is 10.0. The van der Waals surface area contributed by atoms with Crippen LogP contribution in [0, 0.1) is 0 Å². The highest BCUT2D eigenvalue weighted by Gasteiger charge is 2.29. The average Bonchev–Trinajstić information content (AvgIpc) is 2.82. The molecule has 18 heavy (non-hydrogen) atoms. The van der Waals surface area contributed by atoms with Gasteiger partial charge in [-0.05, 0) is 46.5 Å². The molecule has 0 radical (unpaired) electrons. The summed E-state index contributed by atoms with van der Waals surface area (Å²) in [6.07, 6.45) is -3.76. The molecule has 0 N–H and O–H groups in total. The second-order valence-electron chi connectivity index (χ2n) is 3.92. The van der Waals surface area contributed by atoms with E-state index in [0.717, 1.165) is 23.3 Å². The fourth-order valence-corrected chi connectivity index (χ4v) is 2.71. The smallest absolute Gasteiger partial charge is 0.166 e. The zero-order valence-corrected chi connectivity index (χ0v) is 10.8. The molecule has 0 nitrogen and oxygen atoms in total. The molecule has 1 aromatic heterocycles. The molecule has 1 heterocycles. The van der Waals surface area contributed by atoms with Crippen molar-refractivity contribution in [3.63, 3.8) is 0 Å². The highest BCUT2D eigenvalue weighted by Crippen LogP contribution is 2.31. The van der Waals surface area contributed by atoms with Crippen LogP contribution in [0.3, 0.4) is 0 Å². The fourth-order valence-electron chi connectivity index (χ4n) is 1.61. The van der Waals surface area contributed by atoms with Crippen molar-refractivity contribution in [3.8, 4) is 0 Å².